The molecule has 0 bridgehead atoms. The van der Waals surface area contributed by atoms with Crippen LogP contribution in [0.1, 0.15) is 40.5 Å². The van der Waals surface area contributed by atoms with E-state index in [4.69, 9.17) is 14.2 Å². The van der Waals surface area contributed by atoms with Crippen LogP contribution in [-0.4, -0.2) is 31.2 Å². The SMILES string of the molecule is CCOC1(OCC)CCOC(C)(C)C1. The Morgan fingerprint density at radius 1 is 1.14 bits per heavy atom. The molecule has 0 spiro atoms. The minimum atomic E-state index is -0.411. The molecular weight excluding hydrogens is 180 g/mol. The van der Waals surface area contributed by atoms with Crippen LogP contribution in [0.5, 0.6) is 0 Å². The zero-order chi connectivity index (χ0) is 10.7. The van der Waals surface area contributed by atoms with Crippen LogP contribution in [-0.2, 0) is 14.2 Å². The summed E-state index contributed by atoms with van der Waals surface area (Å²) >= 11 is 0. The summed E-state index contributed by atoms with van der Waals surface area (Å²) < 4.78 is 17.1. The molecule has 0 aromatic carbocycles. The van der Waals surface area contributed by atoms with E-state index in [0.717, 1.165) is 12.8 Å². The molecule has 0 amide bonds. The Hall–Kier alpha value is -0.120. The smallest absolute Gasteiger partial charge is 0.173 e. The molecule has 1 heterocycles. The van der Waals surface area contributed by atoms with Gasteiger partial charge < -0.3 is 14.2 Å². The van der Waals surface area contributed by atoms with Crippen LogP contribution in [0.25, 0.3) is 0 Å². The quantitative estimate of drug-likeness (QED) is 0.655. The second-order valence-electron chi connectivity index (χ2n) is 4.31. The molecule has 0 N–H and O–H groups in total. The maximum absolute atomic E-state index is 5.74. The Kier molecular flexibility index (Phi) is 3.93. The Balaban J connectivity index is 2.65. The molecule has 0 unspecified atom stereocenters. The van der Waals surface area contributed by atoms with Gasteiger partial charge in [0.05, 0.1) is 12.2 Å². The van der Waals surface area contributed by atoms with Gasteiger partial charge >= 0.3 is 0 Å². The minimum absolute atomic E-state index is 0.136. The summed E-state index contributed by atoms with van der Waals surface area (Å²) in [5.74, 6) is -0.411. The molecule has 0 aliphatic carbocycles. The van der Waals surface area contributed by atoms with Gasteiger partial charge in [-0.25, -0.2) is 0 Å². The van der Waals surface area contributed by atoms with Crippen molar-refractivity contribution in [3.05, 3.63) is 0 Å². The average Bonchev–Trinajstić information content (AvgIpc) is 2.02. The Labute approximate surface area is 86.7 Å². The Bertz CT molecular complexity index is 166. The van der Waals surface area contributed by atoms with Crippen molar-refractivity contribution in [1.82, 2.24) is 0 Å². The fourth-order valence-electron chi connectivity index (χ4n) is 2.09. The van der Waals surface area contributed by atoms with E-state index in [0.29, 0.717) is 19.8 Å². The van der Waals surface area contributed by atoms with Gasteiger partial charge in [-0.15, -0.1) is 0 Å². The standard InChI is InChI=1S/C11H22O3/c1-5-12-11(13-6-2)7-8-14-10(3,4)9-11/h5-9H2,1-4H3. The first-order chi connectivity index (χ1) is 6.54. The van der Waals surface area contributed by atoms with Crippen molar-refractivity contribution < 1.29 is 14.2 Å². The van der Waals surface area contributed by atoms with Gasteiger partial charge in [-0.3, -0.25) is 0 Å². The van der Waals surface area contributed by atoms with E-state index in [1.165, 1.54) is 0 Å². The molecule has 0 saturated carbocycles. The first-order valence-corrected chi connectivity index (χ1v) is 5.45. The molecule has 1 aliphatic rings. The van der Waals surface area contributed by atoms with Crippen molar-refractivity contribution in [2.75, 3.05) is 19.8 Å². The highest BCUT2D eigenvalue weighted by atomic mass is 16.7. The fraction of sp³-hybridized carbons (Fsp3) is 1.00. The number of hydrogen-bond donors (Lipinski definition) is 0. The summed E-state index contributed by atoms with van der Waals surface area (Å²) in [5, 5.41) is 0. The van der Waals surface area contributed by atoms with Crippen LogP contribution in [0.2, 0.25) is 0 Å². The van der Waals surface area contributed by atoms with Crippen molar-refractivity contribution in [3.63, 3.8) is 0 Å². The molecule has 3 nitrogen and oxygen atoms in total. The summed E-state index contributed by atoms with van der Waals surface area (Å²) in [5.41, 5.74) is -0.136. The molecule has 0 aromatic rings. The van der Waals surface area contributed by atoms with E-state index in [-0.39, 0.29) is 5.60 Å². The molecule has 14 heavy (non-hydrogen) atoms. The van der Waals surface area contributed by atoms with Gasteiger partial charge in [0.1, 0.15) is 0 Å². The second-order valence-corrected chi connectivity index (χ2v) is 4.31. The summed E-state index contributed by atoms with van der Waals surface area (Å²) in [6.45, 7) is 10.3. The van der Waals surface area contributed by atoms with Crippen molar-refractivity contribution >= 4 is 0 Å². The summed E-state index contributed by atoms with van der Waals surface area (Å²) in [6, 6.07) is 0. The highest BCUT2D eigenvalue weighted by Crippen LogP contribution is 2.35. The lowest BCUT2D eigenvalue weighted by Crippen LogP contribution is -2.49. The lowest BCUT2D eigenvalue weighted by molar-refractivity contribution is -0.290. The van der Waals surface area contributed by atoms with E-state index < -0.39 is 5.79 Å². The lowest BCUT2D eigenvalue weighted by atomic mass is 9.92. The fourth-order valence-corrected chi connectivity index (χ4v) is 2.09. The van der Waals surface area contributed by atoms with Gasteiger partial charge in [0.15, 0.2) is 5.79 Å². The summed E-state index contributed by atoms with van der Waals surface area (Å²) in [4.78, 5) is 0. The molecule has 84 valence electrons. The molecule has 1 aliphatic heterocycles. The first kappa shape index (κ1) is 12.0. The van der Waals surface area contributed by atoms with Crippen LogP contribution in [0, 0.1) is 0 Å². The van der Waals surface area contributed by atoms with Gasteiger partial charge in [-0.05, 0) is 27.7 Å². The minimum Gasteiger partial charge on any atom is -0.375 e. The summed E-state index contributed by atoms with van der Waals surface area (Å²) in [7, 11) is 0. The van der Waals surface area contributed by atoms with Crippen LogP contribution < -0.4 is 0 Å². The van der Waals surface area contributed by atoms with Gasteiger partial charge in [-0.1, -0.05) is 0 Å². The predicted octanol–water partition coefficient (Wildman–Crippen LogP) is 2.34. The molecule has 0 radical (unpaired) electrons. The third-order valence-electron chi connectivity index (χ3n) is 2.49. The van der Waals surface area contributed by atoms with Gasteiger partial charge in [0.2, 0.25) is 0 Å². The predicted molar refractivity (Wildman–Crippen MR) is 55.2 cm³/mol. The highest BCUT2D eigenvalue weighted by molar-refractivity contribution is 4.85. The summed E-state index contributed by atoms with van der Waals surface area (Å²) in [6.07, 6.45) is 1.64. The normalized spacial score (nSPS) is 24.9. The molecular formula is C11H22O3. The Morgan fingerprint density at radius 2 is 1.71 bits per heavy atom. The van der Waals surface area contributed by atoms with Crippen molar-refractivity contribution in [3.8, 4) is 0 Å². The van der Waals surface area contributed by atoms with E-state index in [1.54, 1.807) is 0 Å². The maximum atomic E-state index is 5.74. The van der Waals surface area contributed by atoms with E-state index >= 15 is 0 Å². The van der Waals surface area contributed by atoms with Gasteiger partial charge in [0, 0.05) is 26.1 Å². The van der Waals surface area contributed by atoms with Crippen molar-refractivity contribution in [1.29, 1.82) is 0 Å². The number of rotatable bonds is 4. The van der Waals surface area contributed by atoms with Crippen molar-refractivity contribution in [2.24, 2.45) is 0 Å². The molecule has 1 saturated heterocycles. The van der Waals surface area contributed by atoms with Gasteiger partial charge in [-0.2, -0.15) is 0 Å². The van der Waals surface area contributed by atoms with Crippen LogP contribution >= 0.6 is 0 Å². The van der Waals surface area contributed by atoms with E-state index in [1.807, 2.05) is 13.8 Å². The topological polar surface area (TPSA) is 27.7 Å². The second kappa shape index (κ2) is 4.60. The first-order valence-electron chi connectivity index (χ1n) is 5.45. The maximum Gasteiger partial charge on any atom is 0.173 e. The lowest BCUT2D eigenvalue weighted by Gasteiger charge is -2.43. The van der Waals surface area contributed by atoms with Crippen LogP contribution in [0.3, 0.4) is 0 Å². The third kappa shape index (κ3) is 2.94. The molecule has 0 atom stereocenters. The molecule has 1 rings (SSSR count). The number of hydrogen-bond acceptors (Lipinski definition) is 3. The van der Waals surface area contributed by atoms with Crippen LogP contribution in [0.4, 0.5) is 0 Å². The molecule has 3 heteroatoms. The number of ether oxygens (including phenoxy) is 3. The van der Waals surface area contributed by atoms with E-state index in [9.17, 15) is 0 Å². The monoisotopic (exact) mass is 202 g/mol. The van der Waals surface area contributed by atoms with Crippen LogP contribution in [0.15, 0.2) is 0 Å². The largest absolute Gasteiger partial charge is 0.375 e. The molecule has 0 aromatic heterocycles. The Morgan fingerprint density at radius 3 is 2.14 bits per heavy atom. The average molecular weight is 202 g/mol. The highest BCUT2D eigenvalue weighted by Gasteiger charge is 2.42. The zero-order valence-electron chi connectivity index (χ0n) is 9.76. The van der Waals surface area contributed by atoms with E-state index in [2.05, 4.69) is 13.8 Å². The van der Waals surface area contributed by atoms with Crippen molar-refractivity contribution in [2.45, 2.75) is 51.9 Å². The third-order valence-corrected chi connectivity index (χ3v) is 2.49. The van der Waals surface area contributed by atoms with Gasteiger partial charge in [0.25, 0.3) is 0 Å². The molecule has 1 fully saturated rings. The zero-order valence-corrected chi connectivity index (χ0v) is 9.76.